The van der Waals surface area contributed by atoms with Crippen LogP contribution in [0, 0.1) is 6.92 Å². The first-order valence-corrected chi connectivity index (χ1v) is 9.81. The Morgan fingerprint density at radius 3 is 2.52 bits per heavy atom. The zero-order valence-corrected chi connectivity index (χ0v) is 16.8. The molecule has 0 aliphatic rings. The fraction of sp³-hybridized carbons (Fsp3) is 0.143. The number of ether oxygens (including phenoxy) is 1. The van der Waals surface area contributed by atoms with Crippen molar-refractivity contribution >= 4 is 22.4 Å². The van der Waals surface area contributed by atoms with Gasteiger partial charge in [-0.05, 0) is 36.8 Å². The quantitative estimate of drug-likeness (QED) is 0.524. The Hall–Kier alpha value is -3.52. The molecule has 29 heavy (non-hydrogen) atoms. The van der Waals surface area contributed by atoms with Crippen molar-refractivity contribution in [2.75, 3.05) is 12.4 Å². The number of aryl methyl sites for hydroxylation is 1. The summed E-state index contributed by atoms with van der Waals surface area (Å²) in [6.07, 6.45) is 1.76. The third-order valence-electron chi connectivity index (χ3n) is 4.30. The van der Waals surface area contributed by atoms with Gasteiger partial charge in [0.05, 0.1) is 19.2 Å². The zero-order valence-electron chi connectivity index (χ0n) is 16.0. The van der Waals surface area contributed by atoms with E-state index in [1.54, 1.807) is 18.0 Å². The smallest absolute Gasteiger partial charge is 0.261 e. The molecule has 0 spiro atoms. The molecule has 1 amide bonds. The highest BCUT2D eigenvalue weighted by Gasteiger charge is 2.19. The number of hydrogen-bond donors (Lipinski definition) is 1. The third-order valence-corrected chi connectivity index (χ3v) is 5.06. The maximum Gasteiger partial charge on any atom is 0.261 e. The van der Waals surface area contributed by atoms with Gasteiger partial charge in [-0.1, -0.05) is 41.7 Å². The summed E-state index contributed by atoms with van der Waals surface area (Å²) in [5.41, 5.74) is 3.00. The lowest BCUT2D eigenvalue weighted by Crippen LogP contribution is -2.12. The highest BCUT2D eigenvalue weighted by molar-refractivity contribution is 7.15. The van der Waals surface area contributed by atoms with Crippen molar-refractivity contribution in [1.82, 2.24) is 20.0 Å². The van der Waals surface area contributed by atoms with E-state index in [0.717, 1.165) is 21.9 Å². The van der Waals surface area contributed by atoms with Gasteiger partial charge in [0.25, 0.3) is 5.91 Å². The second kappa shape index (κ2) is 8.24. The summed E-state index contributed by atoms with van der Waals surface area (Å²) in [6.45, 7) is 2.41. The minimum Gasteiger partial charge on any atom is -0.497 e. The maximum atomic E-state index is 13.0. The Kier molecular flexibility index (Phi) is 5.35. The average molecular weight is 405 g/mol. The van der Waals surface area contributed by atoms with Crippen LogP contribution in [-0.4, -0.2) is 33.0 Å². The number of rotatable bonds is 6. The molecular formula is C21H19N5O2S. The molecule has 0 saturated carbocycles. The molecule has 0 saturated heterocycles. The van der Waals surface area contributed by atoms with Crippen LogP contribution in [0.4, 0.5) is 5.13 Å². The molecule has 0 unspecified atom stereocenters. The molecule has 146 valence electrons. The minimum atomic E-state index is -0.272. The van der Waals surface area contributed by atoms with Crippen molar-refractivity contribution < 1.29 is 9.53 Å². The van der Waals surface area contributed by atoms with E-state index in [1.165, 1.54) is 11.3 Å². The first kappa shape index (κ1) is 18.8. The van der Waals surface area contributed by atoms with Gasteiger partial charge in [-0.15, -0.1) is 10.2 Å². The van der Waals surface area contributed by atoms with Gasteiger partial charge < -0.3 is 4.74 Å². The second-order valence-corrected chi connectivity index (χ2v) is 7.57. The number of methoxy groups -OCH3 is 1. The molecule has 4 rings (SSSR count). The van der Waals surface area contributed by atoms with E-state index in [2.05, 4.69) is 20.6 Å². The van der Waals surface area contributed by atoms with Crippen LogP contribution in [0.15, 0.2) is 60.8 Å². The number of aromatic nitrogens is 4. The Morgan fingerprint density at radius 2 is 1.86 bits per heavy atom. The SMILES string of the molecule is COc1ccc(-c2nn(Cc3ccccc3)cc2C(=O)Nc2nnc(C)s2)cc1. The fourth-order valence-electron chi connectivity index (χ4n) is 2.91. The number of carbonyl (C=O) groups is 1. The number of hydrogen-bond acceptors (Lipinski definition) is 6. The van der Waals surface area contributed by atoms with Gasteiger partial charge in [0.1, 0.15) is 16.5 Å². The first-order valence-electron chi connectivity index (χ1n) is 8.99. The summed E-state index contributed by atoms with van der Waals surface area (Å²) in [5, 5.41) is 16.7. The molecule has 0 fully saturated rings. The second-order valence-electron chi connectivity index (χ2n) is 6.38. The number of carbonyl (C=O) groups excluding carboxylic acids is 1. The van der Waals surface area contributed by atoms with Crippen LogP contribution < -0.4 is 10.1 Å². The highest BCUT2D eigenvalue weighted by Crippen LogP contribution is 2.26. The number of amides is 1. The molecule has 0 bridgehead atoms. The van der Waals surface area contributed by atoms with E-state index in [1.807, 2.05) is 61.5 Å². The van der Waals surface area contributed by atoms with E-state index in [9.17, 15) is 4.79 Å². The van der Waals surface area contributed by atoms with E-state index < -0.39 is 0 Å². The first-order chi connectivity index (χ1) is 14.1. The molecule has 0 radical (unpaired) electrons. The van der Waals surface area contributed by atoms with E-state index in [-0.39, 0.29) is 5.91 Å². The number of benzene rings is 2. The van der Waals surface area contributed by atoms with Crippen molar-refractivity contribution in [3.8, 4) is 17.0 Å². The van der Waals surface area contributed by atoms with Crippen LogP contribution in [-0.2, 0) is 6.54 Å². The van der Waals surface area contributed by atoms with Gasteiger partial charge in [0.15, 0.2) is 0 Å². The van der Waals surface area contributed by atoms with Crippen LogP contribution in [0.2, 0.25) is 0 Å². The molecule has 0 aliphatic heterocycles. The van der Waals surface area contributed by atoms with Crippen LogP contribution in [0.5, 0.6) is 5.75 Å². The summed E-state index contributed by atoms with van der Waals surface area (Å²) in [5.74, 6) is 0.471. The van der Waals surface area contributed by atoms with Crippen LogP contribution >= 0.6 is 11.3 Å². The lowest BCUT2D eigenvalue weighted by Gasteiger charge is -2.04. The normalized spacial score (nSPS) is 10.7. The standard InChI is InChI=1S/C21H19N5O2S/c1-14-23-24-21(29-14)22-20(27)18-13-26(12-15-6-4-3-5-7-15)25-19(18)16-8-10-17(28-2)11-9-16/h3-11,13H,12H2,1-2H3,(H,22,24,27). The van der Waals surface area contributed by atoms with Gasteiger partial charge in [-0.25, -0.2) is 0 Å². The summed E-state index contributed by atoms with van der Waals surface area (Å²) in [4.78, 5) is 13.0. The van der Waals surface area contributed by atoms with Crippen LogP contribution in [0.1, 0.15) is 20.9 Å². The molecule has 2 aromatic carbocycles. The Balaban J connectivity index is 1.69. The third kappa shape index (κ3) is 4.33. The number of nitrogens with zero attached hydrogens (tertiary/aromatic N) is 4. The molecular weight excluding hydrogens is 386 g/mol. The van der Waals surface area contributed by atoms with E-state index in [4.69, 9.17) is 4.74 Å². The summed E-state index contributed by atoms with van der Waals surface area (Å²) < 4.78 is 7.00. The van der Waals surface area contributed by atoms with Crippen LogP contribution in [0.3, 0.4) is 0 Å². The molecule has 1 N–H and O–H groups in total. The van der Waals surface area contributed by atoms with Crippen molar-refractivity contribution in [3.63, 3.8) is 0 Å². The zero-order chi connectivity index (χ0) is 20.2. The van der Waals surface area contributed by atoms with Crippen molar-refractivity contribution in [1.29, 1.82) is 0 Å². The summed E-state index contributed by atoms with van der Waals surface area (Å²) in [7, 11) is 1.62. The number of anilines is 1. The lowest BCUT2D eigenvalue weighted by atomic mass is 10.1. The molecule has 0 aliphatic carbocycles. The van der Waals surface area contributed by atoms with Crippen molar-refractivity contribution in [2.45, 2.75) is 13.5 Å². The predicted molar refractivity (Wildman–Crippen MR) is 112 cm³/mol. The minimum absolute atomic E-state index is 0.272. The van der Waals surface area contributed by atoms with Crippen molar-refractivity contribution in [2.24, 2.45) is 0 Å². The Labute approximate surface area is 172 Å². The number of nitrogens with one attached hydrogen (secondary N) is 1. The van der Waals surface area contributed by atoms with E-state index >= 15 is 0 Å². The summed E-state index contributed by atoms with van der Waals surface area (Å²) >= 11 is 1.33. The largest absolute Gasteiger partial charge is 0.497 e. The molecule has 2 heterocycles. The fourth-order valence-corrected chi connectivity index (χ4v) is 3.50. The van der Waals surface area contributed by atoms with Gasteiger partial charge in [0, 0.05) is 11.8 Å². The van der Waals surface area contributed by atoms with Gasteiger partial charge in [-0.3, -0.25) is 14.8 Å². The Bertz CT molecular complexity index is 1120. The molecule has 2 aromatic heterocycles. The van der Waals surface area contributed by atoms with Gasteiger partial charge >= 0.3 is 0 Å². The lowest BCUT2D eigenvalue weighted by molar-refractivity contribution is 0.102. The molecule has 8 heteroatoms. The maximum absolute atomic E-state index is 13.0. The predicted octanol–water partition coefficient (Wildman–Crippen LogP) is 4.02. The highest BCUT2D eigenvalue weighted by atomic mass is 32.1. The van der Waals surface area contributed by atoms with Gasteiger partial charge in [0.2, 0.25) is 5.13 Å². The molecule has 4 aromatic rings. The van der Waals surface area contributed by atoms with Crippen LogP contribution in [0.25, 0.3) is 11.3 Å². The van der Waals surface area contributed by atoms with Gasteiger partial charge in [-0.2, -0.15) is 5.10 Å². The van der Waals surface area contributed by atoms with Crippen molar-refractivity contribution in [3.05, 3.63) is 76.9 Å². The molecule has 0 atom stereocenters. The summed E-state index contributed by atoms with van der Waals surface area (Å²) in [6, 6.07) is 17.5. The topological polar surface area (TPSA) is 81.9 Å². The molecule has 7 nitrogen and oxygen atoms in total. The van der Waals surface area contributed by atoms with E-state index in [0.29, 0.717) is 22.9 Å². The average Bonchev–Trinajstić information content (AvgIpc) is 3.35. The Morgan fingerprint density at radius 1 is 1.10 bits per heavy atom. The monoisotopic (exact) mass is 405 g/mol.